The number of carboxylic acid groups (broad SMARTS) is 4. The molecule has 0 saturated heterocycles. The van der Waals surface area contributed by atoms with E-state index in [9.17, 15) is 0 Å². The van der Waals surface area contributed by atoms with Crippen LogP contribution in [0.4, 0.5) is 0 Å². The van der Waals surface area contributed by atoms with Gasteiger partial charge in [0.05, 0.1) is 0 Å². The Labute approximate surface area is 109 Å². The summed E-state index contributed by atoms with van der Waals surface area (Å²) >= 11 is 1.71. The van der Waals surface area contributed by atoms with E-state index in [4.69, 9.17) is 39.6 Å². The summed E-state index contributed by atoms with van der Waals surface area (Å²) < 4.78 is 0. The molecule has 0 aromatic carbocycles. The lowest BCUT2D eigenvalue weighted by Crippen LogP contribution is -2.09. The number of carbonyl (C=O) groups is 4. The Bertz CT molecular complexity index is 306. The number of carboxylic acids is 4. The van der Waals surface area contributed by atoms with Crippen molar-refractivity contribution in [3.05, 3.63) is 22.9 Å². The molecule has 0 radical (unpaired) electrons. The highest BCUT2D eigenvalue weighted by Gasteiger charge is 2.04. The van der Waals surface area contributed by atoms with Crippen molar-refractivity contribution in [2.45, 2.75) is 0 Å². The molecular weight excluding hydrogens is 288 g/mol. The van der Waals surface area contributed by atoms with Crippen molar-refractivity contribution in [2.75, 3.05) is 0 Å². The molecule has 110 valence electrons. The van der Waals surface area contributed by atoms with Gasteiger partial charge in [0.15, 0.2) is 0 Å². The zero-order valence-corrected chi connectivity index (χ0v) is 9.96. The average molecular weight is 300 g/mol. The van der Waals surface area contributed by atoms with Gasteiger partial charge in [-0.2, -0.15) is 11.3 Å². The molecule has 0 unspecified atom stereocenters. The first-order valence-electron chi connectivity index (χ1n) is 3.68. The van der Waals surface area contributed by atoms with Crippen LogP contribution in [0.25, 0.3) is 0 Å². The van der Waals surface area contributed by atoms with E-state index in [0.29, 0.717) is 0 Å². The normalized spacial score (nSPS) is 6.74. The highest BCUT2D eigenvalue weighted by molar-refractivity contribution is 7.07. The van der Waals surface area contributed by atoms with Crippen molar-refractivity contribution >= 4 is 35.2 Å². The van der Waals surface area contributed by atoms with Crippen LogP contribution in [0.5, 0.6) is 0 Å². The molecule has 8 N–H and O–H groups in total. The summed E-state index contributed by atoms with van der Waals surface area (Å²) in [4.78, 5) is 36.4. The third-order valence-electron chi connectivity index (χ3n) is 0.791. The van der Waals surface area contributed by atoms with E-state index < -0.39 is 23.9 Å². The van der Waals surface area contributed by atoms with Gasteiger partial charge in [-0.3, -0.25) is 0 Å². The summed E-state index contributed by atoms with van der Waals surface area (Å²) in [7, 11) is 0. The topological polar surface area (TPSA) is 212 Å². The fourth-order valence-electron chi connectivity index (χ4n) is 0.227. The lowest BCUT2D eigenvalue weighted by atomic mass is 10.7. The minimum absolute atomic E-state index is 0. The van der Waals surface area contributed by atoms with Crippen LogP contribution in [0, 0.1) is 0 Å². The summed E-state index contributed by atoms with van der Waals surface area (Å²) in [6.07, 6.45) is 0. The molecule has 0 aliphatic heterocycles. The van der Waals surface area contributed by atoms with Gasteiger partial charge in [0, 0.05) is 0 Å². The molecule has 19 heavy (non-hydrogen) atoms. The molecule has 0 saturated carbocycles. The minimum Gasteiger partial charge on any atom is -0.473 e. The third kappa shape index (κ3) is 25.6. The highest BCUT2D eigenvalue weighted by Crippen LogP contribution is 1.91. The number of aliphatic carboxylic acids is 4. The number of thiophene rings is 1. The first kappa shape index (κ1) is 25.4. The van der Waals surface area contributed by atoms with Gasteiger partial charge in [0.1, 0.15) is 0 Å². The van der Waals surface area contributed by atoms with Crippen molar-refractivity contribution in [3.8, 4) is 0 Å². The van der Waals surface area contributed by atoms with Crippen LogP contribution >= 0.6 is 11.3 Å². The van der Waals surface area contributed by atoms with Crippen LogP contribution in [-0.4, -0.2) is 55.3 Å². The van der Waals surface area contributed by atoms with Crippen LogP contribution in [0.2, 0.25) is 0 Å². The zero-order chi connectivity index (χ0) is 13.8. The predicted octanol–water partition coefficient (Wildman–Crippen LogP) is -1.59. The second kappa shape index (κ2) is 15.5. The monoisotopic (exact) mass is 300 g/mol. The molecule has 0 aliphatic carbocycles. The van der Waals surface area contributed by atoms with Gasteiger partial charge in [0.25, 0.3) is 0 Å². The van der Waals surface area contributed by atoms with Crippen LogP contribution in [0.1, 0.15) is 0 Å². The van der Waals surface area contributed by atoms with E-state index in [1.165, 1.54) is 0 Å². The van der Waals surface area contributed by atoms with E-state index in [1.54, 1.807) is 11.3 Å². The Kier molecular flexibility index (Phi) is 20.7. The highest BCUT2D eigenvalue weighted by atomic mass is 32.1. The maximum Gasteiger partial charge on any atom is 0.414 e. The van der Waals surface area contributed by atoms with Gasteiger partial charge in [-0.1, -0.05) is 12.1 Å². The molecular formula is C8H12O10S. The molecule has 0 spiro atoms. The number of hydrogen-bond donors (Lipinski definition) is 4. The minimum atomic E-state index is -1.82. The first-order chi connectivity index (χ1) is 7.79. The maximum atomic E-state index is 9.10. The quantitative estimate of drug-likeness (QED) is 0.409. The Morgan fingerprint density at radius 2 is 0.842 bits per heavy atom. The van der Waals surface area contributed by atoms with Crippen molar-refractivity contribution < 1.29 is 50.6 Å². The van der Waals surface area contributed by atoms with E-state index in [1.807, 2.05) is 22.9 Å². The first-order valence-corrected chi connectivity index (χ1v) is 4.63. The lowest BCUT2D eigenvalue weighted by Gasteiger charge is -1.72. The smallest absolute Gasteiger partial charge is 0.414 e. The molecule has 0 amide bonds. The third-order valence-corrected chi connectivity index (χ3v) is 1.42. The molecule has 1 rings (SSSR count). The van der Waals surface area contributed by atoms with Crippen LogP contribution in [0.15, 0.2) is 22.9 Å². The average Bonchev–Trinajstić information content (AvgIpc) is 2.75. The molecule has 0 aliphatic rings. The Morgan fingerprint density at radius 1 is 0.632 bits per heavy atom. The number of rotatable bonds is 0. The van der Waals surface area contributed by atoms with E-state index in [-0.39, 0.29) is 11.0 Å². The van der Waals surface area contributed by atoms with E-state index in [0.717, 1.165) is 0 Å². The Morgan fingerprint density at radius 3 is 0.895 bits per heavy atom. The molecule has 0 fully saturated rings. The fraction of sp³-hybridized carbons (Fsp3) is 0. The molecule has 10 nitrogen and oxygen atoms in total. The zero-order valence-electron chi connectivity index (χ0n) is 9.14. The van der Waals surface area contributed by atoms with Crippen molar-refractivity contribution in [2.24, 2.45) is 0 Å². The molecule has 11 heteroatoms. The summed E-state index contributed by atoms with van der Waals surface area (Å²) in [5.74, 6) is -7.30. The molecule has 1 aromatic rings. The number of hydrogen-bond acceptors (Lipinski definition) is 5. The van der Waals surface area contributed by atoms with Crippen molar-refractivity contribution in [1.29, 1.82) is 0 Å². The van der Waals surface area contributed by atoms with Crippen LogP contribution in [0.3, 0.4) is 0 Å². The van der Waals surface area contributed by atoms with Crippen LogP contribution in [-0.2, 0) is 19.2 Å². The van der Waals surface area contributed by atoms with Crippen LogP contribution < -0.4 is 0 Å². The Hall–Kier alpha value is -2.50. The van der Waals surface area contributed by atoms with Gasteiger partial charge in [0.2, 0.25) is 0 Å². The van der Waals surface area contributed by atoms with Gasteiger partial charge in [-0.25, -0.2) is 19.2 Å². The maximum absolute atomic E-state index is 9.10. The summed E-state index contributed by atoms with van der Waals surface area (Å²) in [6, 6.07) is 4.04. The molecule has 0 bridgehead atoms. The van der Waals surface area contributed by atoms with E-state index >= 15 is 0 Å². The van der Waals surface area contributed by atoms with Crippen molar-refractivity contribution in [3.63, 3.8) is 0 Å². The Balaban J connectivity index is -0.0000000845. The standard InChI is InChI=1S/C4H4S.2C2H2O4.2H2O/c1-2-4-5-3-1;2*3-1(4)2(5)6;;/h1-4H;2*(H,3,4)(H,5,6);2*1H2. The van der Waals surface area contributed by atoms with Gasteiger partial charge < -0.3 is 31.4 Å². The molecule has 1 aromatic heterocycles. The van der Waals surface area contributed by atoms with E-state index in [2.05, 4.69) is 0 Å². The molecule has 0 atom stereocenters. The van der Waals surface area contributed by atoms with Crippen molar-refractivity contribution in [1.82, 2.24) is 0 Å². The fourth-order valence-corrected chi connectivity index (χ4v) is 0.680. The SMILES string of the molecule is O.O.O=C(O)C(=O)O.O=C(O)C(=O)O.c1ccsc1. The summed E-state index contributed by atoms with van der Waals surface area (Å²) in [5.41, 5.74) is 0. The predicted molar refractivity (Wildman–Crippen MR) is 62.1 cm³/mol. The van der Waals surface area contributed by atoms with Gasteiger partial charge >= 0.3 is 23.9 Å². The largest absolute Gasteiger partial charge is 0.473 e. The summed E-state index contributed by atoms with van der Waals surface area (Å²) in [5, 5.41) is 33.6. The lowest BCUT2D eigenvalue weighted by molar-refractivity contribution is -0.159. The molecule has 1 heterocycles. The summed E-state index contributed by atoms with van der Waals surface area (Å²) in [6.45, 7) is 0. The second-order valence-corrected chi connectivity index (χ2v) is 2.83. The van der Waals surface area contributed by atoms with Gasteiger partial charge in [-0.05, 0) is 10.8 Å². The second-order valence-electron chi connectivity index (χ2n) is 2.01. The van der Waals surface area contributed by atoms with Gasteiger partial charge in [-0.15, -0.1) is 0 Å².